The first-order valence-electron chi connectivity index (χ1n) is 6.48. The highest BCUT2D eigenvalue weighted by Crippen LogP contribution is 2.18. The Morgan fingerprint density at radius 1 is 1.50 bits per heavy atom. The van der Waals surface area contributed by atoms with Gasteiger partial charge in [-0.15, -0.1) is 0 Å². The molecule has 1 aliphatic heterocycles. The molecule has 0 bridgehead atoms. The van der Waals surface area contributed by atoms with E-state index in [9.17, 15) is 9.59 Å². The van der Waals surface area contributed by atoms with E-state index in [0.29, 0.717) is 25.4 Å². The predicted molar refractivity (Wildman–Crippen MR) is 69.2 cm³/mol. The molecule has 1 atom stereocenters. The highest BCUT2D eigenvalue weighted by atomic mass is 16.6. The molecule has 5 nitrogen and oxygen atoms in total. The van der Waals surface area contributed by atoms with E-state index in [-0.39, 0.29) is 5.91 Å². The van der Waals surface area contributed by atoms with Crippen LogP contribution in [-0.4, -0.2) is 41.6 Å². The summed E-state index contributed by atoms with van der Waals surface area (Å²) in [5.41, 5.74) is -0.534. The van der Waals surface area contributed by atoms with Gasteiger partial charge in [0, 0.05) is 13.1 Å². The van der Waals surface area contributed by atoms with E-state index >= 15 is 0 Å². The van der Waals surface area contributed by atoms with Crippen LogP contribution < -0.4 is 5.32 Å². The van der Waals surface area contributed by atoms with Gasteiger partial charge in [0.25, 0.3) is 0 Å². The number of piperazine rings is 1. The third-order valence-electron chi connectivity index (χ3n) is 2.65. The first kappa shape index (κ1) is 14.8. The van der Waals surface area contributed by atoms with Gasteiger partial charge in [0.2, 0.25) is 5.91 Å². The van der Waals surface area contributed by atoms with Crippen molar-refractivity contribution in [1.29, 1.82) is 0 Å². The number of hydrogen-bond donors (Lipinski definition) is 1. The summed E-state index contributed by atoms with van der Waals surface area (Å²) in [5.74, 6) is 0.268. The molecule has 1 aliphatic rings. The van der Waals surface area contributed by atoms with Crippen LogP contribution in [0.25, 0.3) is 0 Å². The smallest absolute Gasteiger partial charge is 0.411 e. The van der Waals surface area contributed by atoms with Gasteiger partial charge in [-0.25, -0.2) is 4.79 Å². The topological polar surface area (TPSA) is 58.6 Å². The van der Waals surface area contributed by atoms with Crippen molar-refractivity contribution in [2.75, 3.05) is 13.1 Å². The first-order valence-corrected chi connectivity index (χ1v) is 6.48. The summed E-state index contributed by atoms with van der Waals surface area (Å²) in [4.78, 5) is 25.5. The quantitative estimate of drug-likeness (QED) is 0.819. The standard InChI is InChI=1S/C13H24N2O3/c1-9(2)8-10-11(16)14-6-7-15(10)12(17)18-13(3,4)5/h9-10H,6-8H2,1-5H3,(H,14,16)/t10-/m0/s1. The Labute approximate surface area is 109 Å². The van der Waals surface area contributed by atoms with Crippen molar-refractivity contribution in [3.8, 4) is 0 Å². The number of rotatable bonds is 2. The van der Waals surface area contributed by atoms with Crippen LogP contribution >= 0.6 is 0 Å². The van der Waals surface area contributed by atoms with Crippen LogP contribution in [0.1, 0.15) is 41.0 Å². The molecule has 1 heterocycles. The highest BCUT2D eigenvalue weighted by Gasteiger charge is 2.35. The van der Waals surface area contributed by atoms with Crippen molar-refractivity contribution in [3.05, 3.63) is 0 Å². The normalized spacial score (nSPS) is 20.9. The molecule has 0 aromatic rings. The lowest BCUT2D eigenvalue weighted by atomic mass is 10.0. The molecular weight excluding hydrogens is 232 g/mol. The molecular formula is C13H24N2O3. The molecule has 0 unspecified atom stereocenters. The molecule has 0 aromatic carbocycles. The minimum atomic E-state index is -0.534. The number of ether oxygens (including phenoxy) is 1. The third kappa shape index (κ3) is 4.20. The Hall–Kier alpha value is -1.26. The van der Waals surface area contributed by atoms with Gasteiger partial charge in [-0.3, -0.25) is 9.69 Å². The van der Waals surface area contributed by atoms with Crippen LogP contribution in [-0.2, 0) is 9.53 Å². The zero-order valence-corrected chi connectivity index (χ0v) is 11.9. The van der Waals surface area contributed by atoms with Crippen LogP contribution in [0.2, 0.25) is 0 Å². The molecule has 5 heteroatoms. The van der Waals surface area contributed by atoms with Crippen LogP contribution in [0.3, 0.4) is 0 Å². The van der Waals surface area contributed by atoms with Crippen molar-refractivity contribution in [3.63, 3.8) is 0 Å². The molecule has 1 rings (SSSR count). The molecule has 0 aliphatic carbocycles. The maximum Gasteiger partial charge on any atom is 0.411 e. The van der Waals surface area contributed by atoms with Crippen molar-refractivity contribution < 1.29 is 14.3 Å². The summed E-state index contributed by atoms with van der Waals surface area (Å²) >= 11 is 0. The summed E-state index contributed by atoms with van der Waals surface area (Å²) in [6.45, 7) is 10.6. The number of nitrogens with zero attached hydrogens (tertiary/aromatic N) is 1. The first-order chi connectivity index (χ1) is 8.20. The summed E-state index contributed by atoms with van der Waals surface area (Å²) in [6.07, 6.45) is 0.258. The number of carbonyl (C=O) groups is 2. The van der Waals surface area contributed by atoms with E-state index in [0.717, 1.165) is 0 Å². The van der Waals surface area contributed by atoms with Crippen molar-refractivity contribution in [2.24, 2.45) is 5.92 Å². The van der Waals surface area contributed by atoms with E-state index in [4.69, 9.17) is 4.74 Å². The molecule has 104 valence electrons. The van der Waals surface area contributed by atoms with Gasteiger partial charge >= 0.3 is 6.09 Å². The molecule has 1 N–H and O–H groups in total. The summed E-state index contributed by atoms with van der Waals surface area (Å²) in [6, 6.07) is -0.409. The number of amides is 2. The zero-order valence-electron chi connectivity index (χ0n) is 11.9. The Balaban J connectivity index is 2.76. The second-order valence-corrected chi connectivity index (χ2v) is 6.11. The van der Waals surface area contributed by atoms with Crippen molar-refractivity contribution in [2.45, 2.75) is 52.7 Å². The van der Waals surface area contributed by atoms with Gasteiger partial charge in [-0.05, 0) is 33.1 Å². The number of hydrogen-bond acceptors (Lipinski definition) is 3. The van der Waals surface area contributed by atoms with Gasteiger partial charge in [0.05, 0.1) is 0 Å². The van der Waals surface area contributed by atoms with Crippen molar-refractivity contribution in [1.82, 2.24) is 10.2 Å². The fourth-order valence-corrected chi connectivity index (χ4v) is 1.93. The van der Waals surface area contributed by atoms with E-state index in [1.807, 2.05) is 34.6 Å². The van der Waals surface area contributed by atoms with Gasteiger partial charge in [-0.1, -0.05) is 13.8 Å². The number of nitrogens with one attached hydrogen (secondary N) is 1. The average Bonchev–Trinajstić information content (AvgIpc) is 2.17. The Morgan fingerprint density at radius 3 is 2.61 bits per heavy atom. The molecule has 2 amide bonds. The highest BCUT2D eigenvalue weighted by molar-refractivity contribution is 5.86. The molecule has 18 heavy (non-hydrogen) atoms. The van der Waals surface area contributed by atoms with Crippen molar-refractivity contribution >= 4 is 12.0 Å². The SMILES string of the molecule is CC(C)C[C@H]1C(=O)NCCN1C(=O)OC(C)(C)C. The largest absolute Gasteiger partial charge is 0.444 e. The maximum absolute atomic E-state index is 12.1. The zero-order chi connectivity index (χ0) is 13.9. The second kappa shape index (κ2) is 5.59. The maximum atomic E-state index is 12.1. The fourth-order valence-electron chi connectivity index (χ4n) is 1.93. The predicted octanol–water partition coefficient (Wildman–Crippen LogP) is 1.77. The van der Waals surface area contributed by atoms with Gasteiger partial charge in [0.15, 0.2) is 0 Å². The third-order valence-corrected chi connectivity index (χ3v) is 2.65. The Kier molecular flexibility index (Phi) is 4.59. The van der Waals surface area contributed by atoms with E-state index in [2.05, 4.69) is 5.32 Å². The van der Waals surface area contributed by atoms with Crippen LogP contribution in [0.5, 0.6) is 0 Å². The average molecular weight is 256 g/mol. The van der Waals surface area contributed by atoms with Crippen LogP contribution in [0, 0.1) is 5.92 Å². The second-order valence-electron chi connectivity index (χ2n) is 6.11. The fraction of sp³-hybridized carbons (Fsp3) is 0.846. The monoisotopic (exact) mass is 256 g/mol. The molecule has 0 saturated carbocycles. The Bertz CT molecular complexity index is 321. The molecule has 0 radical (unpaired) electrons. The molecule has 0 aromatic heterocycles. The van der Waals surface area contributed by atoms with E-state index in [1.165, 1.54) is 0 Å². The summed E-state index contributed by atoms with van der Waals surface area (Å²) < 4.78 is 5.34. The lowest BCUT2D eigenvalue weighted by molar-refractivity contribution is -0.129. The summed E-state index contributed by atoms with van der Waals surface area (Å²) in [5, 5.41) is 2.80. The lowest BCUT2D eigenvalue weighted by Gasteiger charge is -2.36. The van der Waals surface area contributed by atoms with Crippen LogP contribution in [0.15, 0.2) is 0 Å². The summed E-state index contributed by atoms with van der Waals surface area (Å²) in [7, 11) is 0. The van der Waals surface area contributed by atoms with E-state index in [1.54, 1.807) is 4.90 Å². The molecule has 1 fully saturated rings. The molecule has 1 saturated heterocycles. The minimum Gasteiger partial charge on any atom is -0.444 e. The van der Waals surface area contributed by atoms with Gasteiger partial charge in [-0.2, -0.15) is 0 Å². The Morgan fingerprint density at radius 2 is 2.11 bits per heavy atom. The van der Waals surface area contributed by atoms with Crippen LogP contribution in [0.4, 0.5) is 4.79 Å². The lowest BCUT2D eigenvalue weighted by Crippen LogP contribution is -2.58. The van der Waals surface area contributed by atoms with Gasteiger partial charge < -0.3 is 10.1 Å². The molecule has 0 spiro atoms. The van der Waals surface area contributed by atoms with Gasteiger partial charge in [0.1, 0.15) is 11.6 Å². The van der Waals surface area contributed by atoms with E-state index < -0.39 is 17.7 Å². The number of carbonyl (C=O) groups excluding carboxylic acids is 2. The minimum absolute atomic E-state index is 0.0826.